The van der Waals surface area contributed by atoms with Crippen molar-refractivity contribution in [2.24, 2.45) is 0 Å². The maximum absolute atomic E-state index is 9.60. The molecule has 2 nitrogen and oxygen atoms in total. The van der Waals surface area contributed by atoms with Crippen LogP contribution in [0.25, 0.3) is 0 Å². The first kappa shape index (κ1) is 10.1. The van der Waals surface area contributed by atoms with Crippen LogP contribution in [0.2, 0.25) is 0 Å². The number of carboxylic acid groups (broad SMARTS) is 1. The van der Waals surface area contributed by atoms with Gasteiger partial charge in [0.25, 0.3) is 0 Å². The summed E-state index contributed by atoms with van der Waals surface area (Å²) in [4.78, 5) is 9.60. The van der Waals surface area contributed by atoms with Crippen molar-refractivity contribution in [3.63, 3.8) is 0 Å². The second kappa shape index (κ2) is 4.14. The van der Waals surface area contributed by atoms with Gasteiger partial charge in [-0.3, -0.25) is 0 Å². The zero-order valence-electron chi connectivity index (χ0n) is 6.27. The molecule has 0 amide bonds. The fourth-order valence-electron chi connectivity index (χ4n) is 0. The second-order valence-electron chi connectivity index (χ2n) is 1.09. The van der Waals surface area contributed by atoms with Crippen LogP contribution in [0.1, 0.15) is 9.78 Å². The molecule has 0 fully saturated rings. The van der Waals surface area contributed by atoms with E-state index in [0.717, 1.165) is 0 Å². The minimum Gasteiger partial charge on any atom is -1.00 e. The summed E-state index contributed by atoms with van der Waals surface area (Å²) in [6.07, 6.45) is 0. The van der Waals surface area contributed by atoms with Gasteiger partial charge in [0.2, 0.25) is 0 Å². The van der Waals surface area contributed by atoms with Gasteiger partial charge in [-0.1, -0.05) is 6.58 Å². The van der Waals surface area contributed by atoms with Gasteiger partial charge in [-0.25, -0.2) is 4.79 Å². The van der Waals surface area contributed by atoms with Gasteiger partial charge in [-0.2, -0.15) is 0 Å². The molecule has 0 radical (unpaired) electrons. The van der Waals surface area contributed by atoms with Gasteiger partial charge >= 0.3 is 29.0 Å². The van der Waals surface area contributed by atoms with Crippen molar-refractivity contribution in [3.05, 3.63) is 12.2 Å². The average Bonchev–Trinajstić information content (AvgIpc) is 1.36. The number of hydrogen-bond acceptors (Lipinski definition) is 1. The zero-order valence-corrected chi connectivity index (χ0v) is 5.68. The largest absolute Gasteiger partial charge is 2.00 e. The van der Waals surface area contributed by atoms with E-state index < -0.39 is 5.97 Å². The van der Waals surface area contributed by atoms with Crippen molar-refractivity contribution in [1.82, 2.24) is 0 Å². The summed E-state index contributed by atoms with van der Waals surface area (Å²) in [7, 11) is 0. The quantitative estimate of drug-likeness (QED) is 0.396. The Kier molecular flexibility index (Phi) is 5.96. The molecule has 1 N–H and O–H groups in total. The first-order valence-corrected chi connectivity index (χ1v) is 1.53. The summed E-state index contributed by atoms with van der Waals surface area (Å²) < 4.78 is 0. The van der Waals surface area contributed by atoms with Crippen LogP contribution in [0.15, 0.2) is 12.2 Å². The Hall–Kier alpha value is -0.0238. The van der Waals surface area contributed by atoms with Crippen LogP contribution >= 0.6 is 0 Å². The summed E-state index contributed by atoms with van der Waals surface area (Å²) in [6, 6.07) is 0. The Bertz CT molecular complexity index is 82.6. The molecule has 38 valence electrons. The second-order valence-corrected chi connectivity index (χ2v) is 1.09. The predicted molar refractivity (Wildman–Crippen MR) is 30.4 cm³/mol. The number of carbonyl (C=O) groups is 1. The van der Waals surface area contributed by atoms with Crippen molar-refractivity contribution >= 4 is 29.0 Å². The van der Waals surface area contributed by atoms with Gasteiger partial charge in [0.1, 0.15) is 0 Å². The summed E-state index contributed by atoms with van der Waals surface area (Å²) in [5.41, 5.74) is 0.176. The van der Waals surface area contributed by atoms with Crippen molar-refractivity contribution in [1.29, 1.82) is 0 Å². The van der Waals surface area contributed by atoms with Crippen LogP contribution in [-0.4, -0.2) is 34.1 Å². The molecular formula is C4H8MgO2. The van der Waals surface area contributed by atoms with Gasteiger partial charge in [0.05, 0.1) is 0 Å². The van der Waals surface area contributed by atoms with Gasteiger partial charge in [0.15, 0.2) is 0 Å². The van der Waals surface area contributed by atoms with E-state index in [1.54, 1.807) is 0 Å². The minimum absolute atomic E-state index is 0. The van der Waals surface area contributed by atoms with E-state index in [0.29, 0.717) is 0 Å². The fraction of sp³-hybridized carbons (Fsp3) is 0.250. The molecule has 0 saturated heterocycles. The fourth-order valence-corrected chi connectivity index (χ4v) is 0. The van der Waals surface area contributed by atoms with Gasteiger partial charge in [-0.15, -0.1) is 0 Å². The summed E-state index contributed by atoms with van der Waals surface area (Å²) >= 11 is 0. The van der Waals surface area contributed by atoms with E-state index in [-0.39, 0.29) is 31.5 Å². The first-order valence-electron chi connectivity index (χ1n) is 1.53. The third-order valence-electron chi connectivity index (χ3n) is 0.365. The molecule has 0 spiro atoms. The van der Waals surface area contributed by atoms with E-state index in [1.165, 1.54) is 6.92 Å². The zero-order chi connectivity index (χ0) is 5.15. The van der Waals surface area contributed by atoms with Crippen molar-refractivity contribution in [2.75, 3.05) is 0 Å². The maximum Gasteiger partial charge on any atom is 2.00 e. The summed E-state index contributed by atoms with van der Waals surface area (Å²) in [5.74, 6) is -0.935. The molecule has 0 aliphatic rings. The number of hydrogen-bond donors (Lipinski definition) is 1. The Labute approximate surface area is 61.3 Å². The molecule has 3 heteroatoms. The van der Waals surface area contributed by atoms with Crippen LogP contribution < -0.4 is 0 Å². The molecule has 0 aromatic heterocycles. The minimum atomic E-state index is -0.935. The van der Waals surface area contributed by atoms with Crippen LogP contribution in [0.4, 0.5) is 0 Å². The Morgan fingerprint density at radius 3 is 2.00 bits per heavy atom. The normalized spacial score (nSPS) is 6.43. The van der Waals surface area contributed by atoms with Crippen LogP contribution in [0, 0.1) is 0 Å². The molecule has 0 atom stereocenters. The third kappa shape index (κ3) is 5.98. The molecule has 0 unspecified atom stereocenters. The average molecular weight is 112 g/mol. The van der Waals surface area contributed by atoms with Crippen molar-refractivity contribution < 1.29 is 12.8 Å². The monoisotopic (exact) mass is 112 g/mol. The Morgan fingerprint density at radius 2 is 2.00 bits per heavy atom. The molecule has 7 heavy (non-hydrogen) atoms. The van der Waals surface area contributed by atoms with Crippen molar-refractivity contribution in [2.45, 2.75) is 6.92 Å². The van der Waals surface area contributed by atoms with Gasteiger partial charge in [-0.05, 0) is 6.92 Å². The molecule has 0 aliphatic carbocycles. The van der Waals surface area contributed by atoms with E-state index in [4.69, 9.17) is 5.11 Å². The SMILES string of the molecule is C=C(C)C(=O)O.[H-].[H-].[Mg+2]. The van der Waals surface area contributed by atoms with Gasteiger partial charge < -0.3 is 7.96 Å². The van der Waals surface area contributed by atoms with E-state index >= 15 is 0 Å². The molecule has 0 saturated carbocycles. The van der Waals surface area contributed by atoms with Crippen LogP contribution in [0.5, 0.6) is 0 Å². The van der Waals surface area contributed by atoms with Gasteiger partial charge in [0, 0.05) is 5.57 Å². The maximum atomic E-state index is 9.60. The smallest absolute Gasteiger partial charge is 1.00 e. The molecule has 0 heterocycles. The van der Waals surface area contributed by atoms with E-state index in [2.05, 4.69) is 6.58 Å². The van der Waals surface area contributed by atoms with E-state index in [9.17, 15) is 4.79 Å². The molecule has 0 bridgehead atoms. The Balaban J connectivity index is -0.0000000417. The summed E-state index contributed by atoms with van der Waals surface area (Å²) in [5, 5.41) is 7.89. The van der Waals surface area contributed by atoms with E-state index in [1.807, 2.05) is 0 Å². The van der Waals surface area contributed by atoms with Crippen LogP contribution in [-0.2, 0) is 4.79 Å². The predicted octanol–water partition coefficient (Wildman–Crippen LogP) is 0.491. The standard InChI is InChI=1S/C4H6O2.Mg.2H/c1-3(2)4(5)6;;;/h1H2,2H3,(H,5,6);;;/q;+2;2*-1. The number of rotatable bonds is 1. The first-order chi connectivity index (χ1) is 2.64. The van der Waals surface area contributed by atoms with Crippen molar-refractivity contribution in [3.8, 4) is 0 Å². The third-order valence-corrected chi connectivity index (χ3v) is 0.365. The topological polar surface area (TPSA) is 37.3 Å². The molecular weight excluding hydrogens is 104 g/mol. The molecule has 0 rings (SSSR count). The Morgan fingerprint density at radius 1 is 1.86 bits per heavy atom. The van der Waals surface area contributed by atoms with Crippen LogP contribution in [0.3, 0.4) is 0 Å². The molecule has 0 aromatic carbocycles. The molecule has 0 aromatic rings. The molecule has 0 aliphatic heterocycles. The summed E-state index contributed by atoms with van der Waals surface area (Å²) in [6.45, 7) is 4.60. The number of aliphatic carboxylic acids is 1. The number of carboxylic acids is 1.